The molecule has 5 aliphatic rings. The van der Waals surface area contributed by atoms with Crippen molar-refractivity contribution in [2.45, 2.75) is 127 Å². The minimum Gasteiger partial charge on any atom is -0.323 e. The van der Waals surface area contributed by atoms with E-state index in [1.165, 1.54) is 88.4 Å². The largest absolute Gasteiger partial charge is 0.323 e. The third-order valence-corrected chi connectivity index (χ3v) is 10.9. The summed E-state index contributed by atoms with van der Waals surface area (Å²) in [5, 5.41) is 0. The molecule has 1 aromatic heterocycles. The van der Waals surface area contributed by atoms with Crippen LogP contribution in [0.15, 0.2) is 24.3 Å². The lowest BCUT2D eigenvalue weighted by molar-refractivity contribution is -0.118. The summed E-state index contributed by atoms with van der Waals surface area (Å²) in [6, 6.07) is 11.9. The zero-order valence-electron chi connectivity index (χ0n) is 22.9. The number of fused-ring (bicyclic) bond motifs is 5. The molecule has 2 unspecified atom stereocenters. The fraction of sp³-hybridized carbons (Fsp3) is 0.750. The Balaban J connectivity index is 1.20. The molecule has 0 spiro atoms. The molecular weight excluding hydrogens is 456 g/mol. The smallest absolute Gasteiger partial charge is 0.143 e. The third kappa shape index (κ3) is 4.58. The number of para-hydroxylation sites is 2. The van der Waals surface area contributed by atoms with Crippen molar-refractivity contribution in [3.63, 3.8) is 0 Å². The highest BCUT2D eigenvalue weighted by molar-refractivity contribution is 5.78. The summed E-state index contributed by atoms with van der Waals surface area (Å²) in [4.78, 5) is 22.8. The number of likely N-dealkylation sites (tertiary alicyclic amines) is 1. The molecule has 2 saturated carbocycles. The Kier molecular flexibility index (Phi) is 6.65. The Morgan fingerprint density at radius 3 is 2.27 bits per heavy atom. The molecule has 7 rings (SSSR count). The van der Waals surface area contributed by atoms with Gasteiger partial charge in [0.05, 0.1) is 23.6 Å². The van der Waals surface area contributed by atoms with Crippen LogP contribution in [0.4, 0.5) is 0 Å². The zero-order valence-corrected chi connectivity index (χ0v) is 22.9. The van der Waals surface area contributed by atoms with E-state index in [4.69, 9.17) is 4.98 Å². The molecule has 200 valence electrons. The van der Waals surface area contributed by atoms with Crippen molar-refractivity contribution in [1.29, 1.82) is 0 Å². The van der Waals surface area contributed by atoms with Gasteiger partial charge in [0, 0.05) is 24.2 Å². The van der Waals surface area contributed by atoms with E-state index in [1.807, 2.05) is 0 Å². The Morgan fingerprint density at radius 2 is 1.54 bits per heavy atom. The van der Waals surface area contributed by atoms with E-state index >= 15 is 0 Å². The third-order valence-electron chi connectivity index (χ3n) is 10.9. The van der Waals surface area contributed by atoms with Gasteiger partial charge in [0.25, 0.3) is 0 Å². The molecule has 0 amide bonds. The Hall–Kier alpha value is -1.72. The lowest BCUT2D eigenvalue weighted by atomic mass is 9.73. The van der Waals surface area contributed by atoms with Gasteiger partial charge in [0.1, 0.15) is 11.6 Å². The van der Waals surface area contributed by atoms with Gasteiger partial charge in [0.2, 0.25) is 0 Å². The molecule has 0 radical (unpaired) electrons. The number of hydrogen-bond donors (Lipinski definition) is 0. The van der Waals surface area contributed by atoms with Crippen molar-refractivity contribution >= 4 is 16.8 Å². The van der Waals surface area contributed by atoms with E-state index in [0.717, 1.165) is 54.9 Å². The molecular formula is C32H46N4O. The van der Waals surface area contributed by atoms with Crippen LogP contribution >= 0.6 is 0 Å². The Bertz CT molecular complexity index is 1100. The van der Waals surface area contributed by atoms with Crippen LogP contribution in [-0.2, 0) is 4.79 Å². The maximum Gasteiger partial charge on any atom is 0.143 e. The first kappa shape index (κ1) is 24.3. The predicted octanol–water partition coefficient (Wildman–Crippen LogP) is 6.68. The number of benzene rings is 1. The maximum atomic E-state index is 12.1. The summed E-state index contributed by atoms with van der Waals surface area (Å²) in [6.07, 6.45) is 19.4. The van der Waals surface area contributed by atoms with Crippen molar-refractivity contribution in [2.24, 2.45) is 11.8 Å². The van der Waals surface area contributed by atoms with Gasteiger partial charge in [-0.15, -0.1) is 0 Å². The number of carbonyl (C=O) groups excluding carboxylic acids is 1. The SMILES string of the molecule is CC(=O)CN1CCC[C@H]1c1nc2ccccc2n1C1C[C@H]2CCC[C@@H](C1)N2C1C[C@H]2CCCC[C@@H](C1)C2. The number of carbonyl (C=O) groups is 1. The van der Waals surface area contributed by atoms with Gasteiger partial charge >= 0.3 is 0 Å². The summed E-state index contributed by atoms with van der Waals surface area (Å²) in [7, 11) is 0. The first-order chi connectivity index (χ1) is 18.1. The summed E-state index contributed by atoms with van der Waals surface area (Å²) < 4.78 is 2.67. The molecule has 4 bridgehead atoms. The molecule has 4 heterocycles. The lowest BCUT2D eigenvalue weighted by Gasteiger charge is -2.55. The van der Waals surface area contributed by atoms with Crippen LogP contribution in [0, 0.1) is 11.8 Å². The van der Waals surface area contributed by atoms with Crippen LogP contribution in [0.2, 0.25) is 0 Å². The van der Waals surface area contributed by atoms with Crippen LogP contribution in [0.3, 0.4) is 0 Å². The minimum atomic E-state index is 0.269. The van der Waals surface area contributed by atoms with Gasteiger partial charge < -0.3 is 4.57 Å². The number of Topliss-reactive ketones (excluding diaryl/α,β-unsaturated/α-hetero) is 1. The van der Waals surface area contributed by atoms with E-state index in [0.29, 0.717) is 12.6 Å². The number of nitrogens with zero attached hydrogens (tertiary/aromatic N) is 4. The van der Waals surface area contributed by atoms with Gasteiger partial charge in [-0.05, 0) is 95.2 Å². The molecule has 1 aromatic carbocycles. The van der Waals surface area contributed by atoms with E-state index in [1.54, 1.807) is 6.92 Å². The standard InChI is InChI=1S/C32H46N4O/c1-22(37)21-34-15-7-14-31(34)32-33-29-12-4-5-13-30(29)36(32)28-19-25-10-6-11-26(20-28)35(25)27-17-23-8-2-3-9-24(16-23)18-27/h4-5,12-13,23-28,31H,2-3,6-11,14-21H2,1H3/t23-,24+,25-,26+,27?,28?,31-/m0/s1. The van der Waals surface area contributed by atoms with Crippen molar-refractivity contribution < 1.29 is 4.79 Å². The van der Waals surface area contributed by atoms with Crippen molar-refractivity contribution in [1.82, 2.24) is 19.4 Å². The fourth-order valence-corrected chi connectivity index (χ4v) is 9.58. The van der Waals surface area contributed by atoms with Crippen molar-refractivity contribution in [3.8, 4) is 0 Å². The predicted molar refractivity (Wildman–Crippen MR) is 149 cm³/mol. The van der Waals surface area contributed by atoms with Crippen LogP contribution in [0.5, 0.6) is 0 Å². The lowest BCUT2D eigenvalue weighted by Crippen LogP contribution is -2.58. The molecule has 5 fully saturated rings. The van der Waals surface area contributed by atoms with E-state index in [9.17, 15) is 4.79 Å². The number of hydrogen-bond acceptors (Lipinski definition) is 4. The van der Waals surface area contributed by atoms with Crippen molar-refractivity contribution in [3.05, 3.63) is 30.1 Å². The highest BCUT2D eigenvalue weighted by atomic mass is 16.1. The molecule has 5 nitrogen and oxygen atoms in total. The van der Waals surface area contributed by atoms with Gasteiger partial charge in [-0.25, -0.2) is 4.98 Å². The molecule has 3 aliphatic heterocycles. The van der Waals surface area contributed by atoms with Crippen LogP contribution in [0.1, 0.15) is 115 Å². The topological polar surface area (TPSA) is 41.4 Å². The molecule has 3 saturated heterocycles. The number of imidazole rings is 1. The van der Waals surface area contributed by atoms with Crippen LogP contribution in [-0.4, -0.2) is 56.3 Å². The highest BCUT2D eigenvalue weighted by Crippen LogP contribution is 2.48. The van der Waals surface area contributed by atoms with Crippen molar-refractivity contribution in [2.75, 3.05) is 13.1 Å². The minimum absolute atomic E-state index is 0.269. The van der Waals surface area contributed by atoms with Gasteiger partial charge in [-0.1, -0.05) is 44.2 Å². The van der Waals surface area contributed by atoms with Crippen LogP contribution in [0.25, 0.3) is 11.0 Å². The second kappa shape index (κ2) is 10.1. The normalized spacial score (nSPS) is 37.1. The zero-order chi connectivity index (χ0) is 24.9. The maximum absolute atomic E-state index is 12.1. The fourth-order valence-electron chi connectivity index (χ4n) is 9.58. The molecule has 0 N–H and O–H groups in total. The summed E-state index contributed by atoms with van der Waals surface area (Å²) >= 11 is 0. The van der Waals surface area contributed by atoms with E-state index in [-0.39, 0.29) is 11.8 Å². The number of aromatic nitrogens is 2. The first-order valence-corrected chi connectivity index (χ1v) is 15.6. The quantitative estimate of drug-likeness (QED) is 0.457. The Morgan fingerprint density at radius 1 is 0.811 bits per heavy atom. The molecule has 37 heavy (non-hydrogen) atoms. The highest BCUT2D eigenvalue weighted by Gasteiger charge is 2.45. The van der Waals surface area contributed by atoms with Gasteiger partial charge in [-0.2, -0.15) is 0 Å². The summed E-state index contributed by atoms with van der Waals surface area (Å²) in [6.45, 7) is 3.30. The second-order valence-electron chi connectivity index (χ2n) is 13.3. The Labute approximate surface area is 223 Å². The molecule has 2 aromatic rings. The summed E-state index contributed by atoms with van der Waals surface area (Å²) in [5.41, 5.74) is 2.45. The summed E-state index contributed by atoms with van der Waals surface area (Å²) in [5.74, 6) is 3.48. The van der Waals surface area contributed by atoms with Gasteiger partial charge in [-0.3, -0.25) is 14.6 Å². The molecule has 5 heteroatoms. The number of piperidine rings is 2. The van der Waals surface area contributed by atoms with E-state index in [2.05, 4.69) is 38.6 Å². The monoisotopic (exact) mass is 502 g/mol. The average Bonchev–Trinajstić information content (AvgIpc) is 3.45. The number of rotatable bonds is 5. The second-order valence-corrected chi connectivity index (χ2v) is 13.3. The first-order valence-electron chi connectivity index (χ1n) is 15.6. The van der Waals surface area contributed by atoms with Gasteiger partial charge in [0.15, 0.2) is 0 Å². The van der Waals surface area contributed by atoms with Crippen LogP contribution < -0.4 is 0 Å². The average molecular weight is 503 g/mol. The molecule has 7 atom stereocenters. The molecule has 2 aliphatic carbocycles. The number of ketones is 1. The van der Waals surface area contributed by atoms with E-state index < -0.39 is 0 Å².